The van der Waals surface area contributed by atoms with Crippen LogP contribution in [0.15, 0.2) is 24.3 Å². The third-order valence-electron chi connectivity index (χ3n) is 2.79. The maximum Gasteiger partial charge on any atom is 0.0795 e. The minimum atomic E-state index is -0.345. The zero-order chi connectivity index (χ0) is 13.1. The highest BCUT2D eigenvalue weighted by atomic mass is 16.3. The van der Waals surface area contributed by atoms with Crippen LogP contribution in [-0.4, -0.2) is 5.11 Å². The highest BCUT2D eigenvalue weighted by Crippen LogP contribution is 2.29. The number of hydrogen-bond donors (Lipinski definition) is 1. The molecule has 0 amide bonds. The lowest BCUT2D eigenvalue weighted by Gasteiger charge is -2.23. The maximum absolute atomic E-state index is 10.2. The quantitative estimate of drug-likeness (QED) is 0.821. The summed E-state index contributed by atoms with van der Waals surface area (Å²) in [7, 11) is 0. The molecule has 0 aliphatic carbocycles. The van der Waals surface area contributed by atoms with Crippen molar-refractivity contribution in [2.24, 2.45) is 11.3 Å². The van der Waals surface area contributed by atoms with Crippen molar-refractivity contribution in [1.82, 2.24) is 0 Å². The molecule has 0 saturated carbocycles. The molecule has 0 aliphatic rings. The van der Waals surface area contributed by atoms with E-state index in [9.17, 15) is 5.11 Å². The Morgan fingerprint density at radius 1 is 1.18 bits per heavy atom. The van der Waals surface area contributed by atoms with Crippen LogP contribution in [0, 0.1) is 11.3 Å². The molecule has 1 unspecified atom stereocenters. The molecule has 1 aromatic rings. The van der Waals surface area contributed by atoms with Crippen molar-refractivity contribution >= 4 is 0 Å². The monoisotopic (exact) mass is 234 g/mol. The first-order chi connectivity index (χ1) is 7.78. The Balaban J connectivity index is 2.77. The summed E-state index contributed by atoms with van der Waals surface area (Å²) in [6, 6.07) is 8.38. The van der Waals surface area contributed by atoms with E-state index in [1.54, 1.807) is 0 Å². The van der Waals surface area contributed by atoms with Crippen molar-refractivity contribution < 1.29 is 5.11 Å². The minimum Gasteiger partial charge on any atom is -0.388 e. The number of hydrogen-bond acceptors (Lipinski definition) is 1. The Morgan fingerprint density at radius 3 is 2.35 bits per heavy atom. The van der Waals surface area contributed by atoms with E-state index in [4.69, 9.17) is 0 Å². The van der Waals surface area contributed by atoms with Crippen molar-refractivity contribution in [2.45, 2.75) is 53.6 Å². The van der Waals surface area contributed by atoms with Crippen molar-refractivity contribution in [3.8, 4) is 0 Å². The second-order valence-electron chi connectivity index (χ2n) is 6.62. The van der Waals surface area contributed by atoms with Gasteiger partial charge in [0.2, 0.25) is 0 Å². The molecule has 0 radical (unpaired) electrons. The molecular formula is C16H26O. The second-order valence-corrected chi connectivity index (χ2v) is 6.62. The van der Waals surface area contributed by atoms with Gasteiger partial charge in [-0.05, 0) is 35.3 Å². The molecule has 0 aliphatic heterocycles. The van der Waals surface area contributed by atoms with Crippen molar-refractivity contribution in [3.63, 3.8) is 0 Å². The zero-order valence-electron chi connectivity index (χ0n) is 11.8. The van der Waals surface area contributed by atoms with E-state index < -0.39 is 0 Å². The van der Waals surface area contributed by atoms with Crippen molar-refractivity contribution in [1.29, 1.82) is 0 Å². The highest BCUT2D eigenvalue weighted by molar-refractivity contribution is 5.25. The Labute approximate surface area is 106 Å². The molecule has 1 aromatic carbocycles. The number of benzene rings is 1. The second kappa shape index (κ2) is 5.68. The van der Waals surface area contributed by atoms with Gasteiger partial charge in [0.1, 0.15) is 0 Å². The molecule has 0 fully saturated rings. The molecule has 1 atom stereocenters. The molecule has 0 bridgehead atoms. The number of rotatable bonds is 4. The van der Waals surface area contributed by atoms with E-state index in [0.717, 1.165) is 18.4 Å². The van der Waals surface area contributed by atoms with E-state index in [0.29, 0.717) is 5.92 Å². The number of aliphatic hydroxyl groups is 1. The van der Waals surface area contributed by atoms with Gasteiger partial charge in [0.25, 0.3) is 0 Å². The minimum absolute atomic E-state index is 0.160. The van der Waals surface area contributed by atoms with Crippen LogP contribution in [-0.2, 0) is 6.42 Å². The summed E-state index contributed by atoms with van der Waals surface area (Å²) >= 11 is 0. The molecule has 1 heteroatoms. The zero-order valence-corrected chi connectivity index (χ0v) is 11.8. The van der Waals surface area contributed by atoms with Crippen molar-refractivity contribution in [2.75, 3.05) is 0 Å². The molecule has 1 nitrogen and oxygen atoms in total. The fourth-order valence-corrected chi connectivity index (χ4v) is 2.10. The molecular weight excluding hydrogens is 208 g/mol. The Hall–Kier alpha value is -0.820. The summed E-state index contributed by atoms with van der Waals surface area (Å²) in [5, 5.41) is 10.2. The lowest BCUT2D eigenvalue weighted by atomic mass is 9.86. The largest absolute Gasteiger partial charge is 0.388 e. The first-order valence-corrected chi connectivity index (χ1v) is 6.55. The van der Waals surface area contributed by atoms with Gasteiger partial charge in [-0.25, -0.2) is 0 Å². The van der Waals surface area contributed by atoms with E-state index in [1.807, 2.05) is 6.07 Å². The molecule has 0 aromatic heterocycles. The third-order valence-corrected chi connectivity index (χ3v) is 2.79. The SMILES string of the molecule is CC(C)Cc1cccc(C(O)CC(C)(C)C)c1. The van der Waals surface area contributed by atoms with Gasteiger partial charge in [-0.3, -0.25) is 0 Å². The Morgan fingerprint density at radius 2 is 1.82 bits per heavy atom. The van der Waals surface area contributed by atoms with Gasteiger partial charge in [-0.2, -0.15) is 0 Å². The third kappa shape index (κ3) is 5.36. The normalized spacial score (nSPS) is 14.1. The fraction of sp³-hybridized carbons (Fsp3) is 0.625. The standard InChI is InChI=1S/C16H26O/c1-12(2)9-13-7-6-8-14(10-13)15(17)11-16(3,4)5/h6-8,10,12,15,17H,9,11H2,1-5H3. The van der Waals surface area contributed by atoms with E-state index in [-0.39, 0.29) is 11.5 Å². The van der Waals surface area contributed by atoms with Crippen LogP contribution in [0.5, 0.6) is 0 Å². The molecule has 0 heterocycles. The van der Waals surface area contributed by atoms with Gasteiger partial charge in [0, 0.05) is 0 Å². The van der Waals surface area contributed by atoms with E-state index in [1.165, 1.54) is 5.56 Å². The van der Waals surface area contributed by atoms with Crippen LogP contribution in [0.2, 0.25) is 0 Å². The van der Waals surface area contributed by atoms with E-state index >= 15 is 0 Å². The molecule has 96 valence electrons. The average Bonchev–Trinajstić information content (AvgIpc) is 2.14. The van der Waals surface area contributed by atoms with Gasteiger partial charge in [-0.15, -0.1) is 0 Å². The topological polar surface area (TPSA) is 20.2 Å². The van der Waals surface area contributed by atoms with Crippen molar-refractivity contribution in [3.05, 3.63) is 35.4 Å². The summed E-state index contributed by atoms with van der Waals surface area (Å²) < 4.78 is 0. The molecule has 1 rings (SSSR count). The summed E-state index contributed by atoms with van der Waals surface area (Å²) in [6.07, 6.45) is 1.54. The van der Waals surface area contributed by atoms with Gasteiger partial charge < -0.3 is 5.11 Å². The molecule has 0 spiro atoms. The van der Waals surface area contributed by atoms with E-state index in [2.05, 4.69) is 52.8 Å². The Bertz CT molecular complexity index is 347. The first kappa shape index (κ1) is 14.2. The summed E-state index contributed by atoms with van der Waals surface area (Å²) in [5.41, 5.74) is 2.54. The van der Waals surface area contributed by atoms with Crippen LogP contribution < -0.4 is 0 Å². The summed E-state index contributed by atoms with van der Waals surface area (Å²) in [6.45, 7) is 10.9. The first-order valence-electron chi connectivity index (χ1n) is 6.55. The van der Waals surface area contributed by atoms with Crippen LogP contribution in [0.25, 0.3) is 0 Å². The lowest BCUT2D eigenvalue weighted by Crippen LogP contribution is -2.11. The average molecular weight is 234 g/mol. The summed E-state index contributed by atoms with van der Waals surface area (Å²) in [4.78, 5) is 0. The highest BCUT2D eigenvalue weighted by Gasteiger charge is 2.18. The smallest absolute Gasteiger partial charge is 0.0795 e. The Kier molecular flexibility index (Phi) is 4.76. The lowest BCUT2D eigenvalue weighted by molar-refractivity contribution is 0.122. The molecule has 1 N–H and O–H groups in total. The number of aliphatic hydroxyl groups excluding tert-OH is 1. The van der Waals surface area contributed by atoms with Crippen LogP contribution in [0.4, 0.5) is 0 Å². The van der Waals surface area contributed by atoms with Crippen LogP contribution in [0.1, 0.15) is 58.3 Å². The maximum atomic E-state index is 10.2. The molecule has 17 heavy (non-hydrogen) atoms. The van der Waals surface area contributed by atoms with Gasteiger partial charge >= 0.3 is 0 Å². The molecule has 0 saturated heterocycles. The fourth-order valence-electron chi connectivity index (χ4n) is 2.10. The van der Waals surface area contributed by atoms with Gasteiger partial charge in [-0.1, -0.05) is 58.9 Å². The summed E-state index contributed by atoms with van der Waals surface area (Å²) in [5.74, 6) is 0.657. The predicted molar refractivity (Wildman–Crippen MR) is 74.0 cm³/mol. The van der Waals surface area contributed by atoms with Crippen LogP contribution in [0.3, 0.4) is 0 Å². The van der Waals surface area contributed by atoms with Crippen LogP contribution >= 0.6 is 0 Å². The predicted octanol–water partition coefficient (Wildman–Crippen LogP) is 4.35. The van der Waals surface area contributed by atoms with Gasteiger partial charge in [0.05, 0.1) is 6.10 Å². The van der Waals surface area contributed by atoms with Gasteiger partial charge in [0.15, 0.2) is 0 Å².